The van der Waals surface area contributed by atoms with E-state index in [9.17, 15) is 34.5 Å². The fraction of sp³-hybridized carbons (Fsp3) is 0.545. The first-order valence-corrected chi connectivity index (χ1v) is 12.3. The molecule has 0 aliphatic carbocycles. The number of carboxylic acids is 1. The standard InChI is InChI=1S/C22H34N4O8S/c1-11(27)17(21(32)26-18(12(2)28)22(33)34)25-20(31)16(8-9-35-3)24-19(30)15(23)10-13-4-6-14(29)7-5-13/h4-7,11-12,15-18,27-29H,8-10,23H2,1-3H3,(H,24,30)(H,25,31)(H,26,32)(H,33,34). The number of benzene rings is 1. The highest BCUT2D eigenvalue weighted by Gasteiger charge is 2.33. The lowest BCUT2D eigenvalue weighted by Gasteiger charge is -2.27. The number of carbonyl (C=O) groups is 4. The third-order valence-electron chi connectivity index (χ3n) is 5.08. The van der Waals surface area contributed by atoms with Crippen LogP contribution in [-0.4, -0.2) is 92.5 Å². The molecule has 0 aliphatic heterocycles. The molecular formula is C22H34N4O8S. The zero-order valence-electron chi connectivity index (χ0n) is 19.8. The van der Waals surface area contributed by atoms with Gasteiger partial charge in [-0.2, -0.15) is 11.8 Å². The van der Waals surface area contributed by atoms with Crippen LogP contribution < -0.4 is 21.7 Å². The van der Waals surface area contributed by atoms with Gasteiger partial charge in [0.15, 0.2) is 6.04 Å². The molecular weight excluding hydrogens is 480 g/mol. The fourth-order valence-electron chi connectivity index (χ4n) is 3.05. The monoisotopic (exact) mass is 514 g/mol. The van der Waals surface area contributed by atoms with Crippen molar-refractivity contribution in [3.63, 3.8) is 0 Å². The number of hydrogen-bond acceptors (Lipinski definition) is 9. The minimum absolute atomic E-state index is 0.0698. The Morgan fingerprint density at radius 1 is 0.914 bits per heavy atom. The van der Waals surface area contributed by atoms with Gasteiger partial charge in [0, 0.05) is 0 Å². The molecule has 0 saturated carbocycles. The van der Waals surface area contributed by atoms with E-state index in [0.717, 1.165) is 0 Å². The van der Waals surface area contributed by atoms with Crippen molar-refractivity contribution >= 4 is 35.5 Å². The average Bonchev–Trinajstić information content (AvgIpc) is 2.78. The molecule has 35 heavy (non-hydrogen) atoms. The van der Waals surface area contributed by atoms with Crippen molar-refractivity contribution in [2.45, 2.75) is 63.1 Å². The van der Waals surface area contributed by atoms with Gasteiger partial charge in [-0.25, -0.2) is 4.79 Å². The summed E-state index contributed by atoms with van der Waals surface area (Å²) in [7, 11) is 0. The second kappa shape index (κ2) is 14.5. The number of carboxylic acid groups (broad SMARTS) is 1. The second-order valence-electron chi connectivity index (χ2n) is 8.11. The van der Waals surface area contributed by atoms with Gasteiger partial charge in [-0.15, -0.1) is 0 Å². The first kappa shape index (κ1) is 30.2. The number of aliphatic hydroxyl groups excluding tert-OH is 2. The Labute approximate surface area is 207 Å². The molecule has 3 amide bonds. The van der Waals surface area contributed by atoms with E-state index in [1.165, 1.54) is 37.7 Å². The van der Waals surface area contributed by atoms with E-state index >= 15 is 0 Å². The van der Waals surface area contributed by atoms with E-state index in [1.54, 1.807) is 12.1 Å². The molecule has 9 N–H and O–H groups in total. The maximum absolute atomic E-state index is 12.9. The molecule has 0 heterocycles. The lowest BCUT2D eigenvalue weighted by atomic mass is 10.0. The molecule has 6 atom stereocenters. The van der Waals surface area contributed by atoms with Crippen LogP contribution in [0.3, 0.4) is 0 Å². The summed E-state index contributed by atoms with van der Waals surface area (Å²) in [5.74, 6) is -3.33. The predicted octanol–water partition coefficient (Wildman–Crippen LogP) is -1.68. The fourth-order valence-corrected chi connectivity index (χ4v) is 3.52. The zero-order valence-corrected chi connectivity index (χ0v) is 20.6. The first-order valence-electron chi connectivity index (χ1n) is 10.9. The SMILES string of the molecule is CSCCC(NC(=O)C(N)Cc1ccc(O)cc1)C(=O)NC(C(=O)NC(C(=O)O)C(C)O)C(C)O. The van der Waals surface area contributed by atoms with E-state index in [-0.39, 0.29) is 18.6 Å². The van der Waals surface area contributed by atoms with E-state index in [2.05, 4.69) is 16.0 Å². The molecule has 0 saturated heterocycles. The van der Waals surface area contributed by atoms with Crippen molar-refractivity contribution in [1.29, 1.82) is 0 Å². The van der Waals surface area contributed by atoms with Crippen molar-refractivity contribution in [2.75, 3.05) is 12.0 Å². The van der Waals surface area contributed by atoms with Gasteiger partial charge >= 0.3 is 5.97 Å². The van der Waals surface area contributed by atoms with Crippen LogP contribution in [0, 0.1) is 0 Å². The summed E-state index contributed by atoms with van der Waals surface area (Å²) < 4.78 is 0. The van der Waals surface area contributed by atoms with Gasteiger partial charge in [-0.05, 0) is 56.4 Å². The highest BCUT2D eigenvalue weighted by molar-refractivity contribution is 7.98. The first-order chi connectivity index (χ1) is 16.4. The number of aliphatic carboxylic acids is 1. The predicted molar refractivity (Wildman–Crippen MR) is 130 cm³/mol. The molecule has 1 aromatic carbocycles. The van der Waals surface area contributed by atoms with Gasteiger partial charge in [0.1, 0.15) is 17.8 Å². The molecule has 0 bridgehead atoms. The lowest BCUT2D eigenvalue weighted by Crippen LogP contribution is -2.61. The number of carbonyl (C=O) groups excluding carboxylic acids is 3. The summed E-state index contributed by atoms with van der Waals surface area (Å²) in [6, 6.07) is 0.885. The maximum atomic E-state index is 12.9. The summed E-state index contributed by atoms with van der Waals surface area (Å²) in [5.41, 5.74) is 6.68. The third kappa shape index (κ3) is 10.1. The molecule has 196 valence electrons. The van der Waals surface area contributed by atoms with Crippen LogP contribution in [0.4, 0.5) is 0 Å². The van der Waals surface area contributed by atoms with E-state index in [4.69, 9.17) is 10.8 Å². The van der Waals surface area contributed by atoms with Crippen LogP contribution in [0.5, 0.6) is 5.75 Å². The quantitative estimate of drug-likeness (QED) is 0.141. The zero-order chi connectivity index (χ0) is 26.7. The molecule has 1 aromatic rings. The highest BCUT2D eigenvalue weighted by atomic mass is 32.2. The Kier molecular flexibility index (Phi) is 12.5. The highest BCUT2D eigenvalue weighted by Crippen LogP contribution is 2.11. The molecule has 1 rings (SSSR count). The normalized spacial score (nSPS) is 16.2. The molecule has 13 heteroatoms. The number of aliphatic hydroxyl groups is 2. The summed E-state index contributed by atoms with van der Waals surface area (Å²) in [6.07, 6.45) is -0.676. The van der Waals surface area contributed by atoms with Crippen molar-refractivity contribution in [1.82, 2.24) is 16.0 Å². The topological polar surface area (TPSA) is 211 Å². The average molecular weight is 515 g/mol. The smallest absolute Gasteiger partial charge is 0.328 e. The molecule has 0 radical (unpaired) electrons. The Bertz CT molecular complexity index is 866. The number of thioether (sulfide) groups is 1. The van der Waals surface area contributed by atoms with Crippen LogP contribution in [0.1, 0.15) is 25.8 Å². The van der Waals surface area contributed by atoms with E-state index in [1.807, 2.05) is 6.26 Å². The number of hydrogen-bond donors (Lipinski definition) is 8. The maximum Gasteiger partial charge on any atom is 0.328 e. The van der Waals surface area contributed by atoms with Crippen molar-refractivity contribution in [3.05, 3.63) is 29.8 Å². The van der Waals surface area contributed by atoms with Crippen LogP contribution in [0.15, 0.2) is 24.3 Å². The molecule has 0 fully saturated rings. The van der Waals surface area contributed by atoms with Crippen LogP contribution in [-0.2, 0) is 25.6 Å². The molecule has 0 aliphatic rings. The van der Waals surface area contributed by atoms with Gasteiger partial charge in [0.25, 0.3) is 0 Å². The van der Waals surface area contributed by atoms with Crippen LogP contribution in [0.2, 0.25) is 0 Å². The minimum Gasteiger partial charge on any atom is -0.508 e. The molecule has 0 aromatic heterocycles. The molecule has 6 unspecified atom stereocenters. The van der Waals surface area contributed by atoms with Gasteiger partial charge in [-0.3, -0.25) is 14.4 Å². The Balaban J connectivity index is 2.91. The second-order valence-corrected chi connectivity index (χ2v) is 9.10. The molecule has 0 spiro atoms. The van der Waals surface area contributed by atoms with Crippen molar-refractivity contribution in [2.24, 2.45) is 5.73 Å². The van der Waals surface area contributed by atoms with Gasteiger partial charge in [0.2, 0.25) is 17.7 Å². The Morgan fingerprint density at radius 3 is 1.94 bits per heavy atom. The number of aromatic hydroxyl groups is 1. The van der Waals surface area contributed by atoms with Crippen molar-refractivity contribution in [3.8, 4) is 5.75 Å². The summed E-state index contributed by atoms with van der Waals surface area (Å²) in [6.45, 7) is 2.40. The number of nitrogens with two attached hydrogens (primary N) is 1. The number of phenols is 1. The van der Waals surface area contributed by atoms with E-state index < -0.39 is 60.1 Å². The minimum atomic E-state index is -1.65. The van der Waals surface area contributed by atoms with Crippen LogP contribution in [0.25, 0.3) is 0 Å². The van der Waals surface area contributed by atoms with Crippen LogP contribution >= 0.6 is 11.8 Å². The summed E-state index contributed by atoms with van der Waals surface area (Å²) >= 11 is 1.43. The van der Waals surface area contributed by atoms with Gasteiger partial charge < -0.3 is 42.1 Å². The van der Waals surface area contributed by atoms with E-state index in [0.29, 0.717) is 11.3 Å². The number of phenolic OH excluding ortho intramolecular Hbond substituents is 1. The molecule has 12 nitrogen and oxygen atoms in total. The Morgan fingerprint density at radius 2 is 1.46 bits per heavy atom. The van der Waals surface area contributed by atoms with Crippen molar-refractivity contribution < 1.29 is 39.6 Å². The summed E-state index contributed by atoms with van der Waals surface area (Å²) in [5, 5.41) is 45.1. The number of rotatable bonds is 14. The number of nitrogens with one attached hydrogen (secondary N) is 3. The lowest BCUT2D eigenvalue weighted by molar-refractivity contribution is -0.146. The number of amides is 3. The Hall–Kier alpha value is -2.87. The largest absolute Gasteiger partial charge is 0.508 e. The summed E-state index contributed by atoms with van der Waals surface area (Å²) in [4.78, 5) is 49.4. The van der Waals surface area contributed by atoms with Gasteiger partial charge in [-0.1, -0.05) is 12.1 Å². The third-order valence-corrected chi connectivity index (χ3v) is 5.73. The van der Waals surface area contributed by atoms with Gasteiger partial charge in [0.05, 0.1) is 18.2 Å².